The van der Waals surface area contributed by atoms with Gasteiger partial charge in [-0.05, 0) is 24.6 Å². The van der Waals surface area contributed by atoms with E-state index in [-0.39, 0.29) is 28.8 Å². The zero-order valence-corrected chi connectivity index (χ0v) is 14.6. The molecular weight excluding hydrogens is 348 g/mol. The molecular formula is C15H18N4O5S. The summed E-state index contributed by atoms with van der Waals surface area (Å²) in [5.74, 6) is -0.438. The van der Waals surface area contributed by atoms with Crippen LogP contribution in [0.3, 0.4) is 0 Å². The summed E-state index contributed by atoms with van der Waals surface area (Å²) >= 11 is 0. The highest BCUT2D eigenvalue weighted by Crippen LogP contribution is 2.32. The van der Waals surface area contributed by atoms with Gasteiger partial charge < -0.3 is 9.47 Å². The summed E-state index contributed by atoms with van der Waals surface area (Å²) in [6.45, 7) is 0.586. The fraction of sp³-hybridized carbons (Fsp3) is 0.400. The highest BCUT2D eigenvalue weighted by molar-refractivity contribution is 7.89. The van der Waals surface area contributed by atoms with Gasteiger partial charge in [-0.25, -0.2) is 13.2 Å². The van der Waals surface area contributed by atoms with Crippen LogP contribution in [0.5, 0.6) is 5.75 Å². The smallest absolute Gasteiger partial charge is 0.337 e. The third kappa shape index (κ3) is 3.22. The molecule has 3 rings (SSSR count). The lowest BCUT2D eigenvalue weighted by atomic mass is 10.2. The summed E-state index contributed by atoms with van der Waals surface area (Å²) < 4.78 is 37.3. The van der Waals surface area contributed by atoms with Gasteiger partial charge in [-0.3, -0.25) is 0 Å². The Balaban J connectivity index is 1.93. The fourth-order valence-electron chi connectivity index (χ4n) is 2.79. The quantitative estimate of drug-likeness (QED) is 0.718. The largest absolute Gasteiger partial charge is 0.495 e. The average molecular weight is 366 g/mol. The van der Waals surface area contributed by atoms with E-state index in [9.17, 15) is 13.2 Å². The van der Waals surface area contributed by atoms with Crippen molar-refractivity contribution in [3.8, 4) is 5.75 Å². The Morgan fingerprint density at radius 1 is 1.24 bits per heavy atom. The van der Waals surface area contributed by atoms with E-state index in [4.69, 9.17) is 4.74 Å². The standard InChI is InChI=1S/C15H18N4O5S/c1-23-13-4-3-11(15(20)24-2)9-14(13)25(21,22)18-8-5-12(10-18)19-16-6-7-17-19/h3-4,6-7,9,12H,5,8,10H2,1-2H3. The van der Waals surface area contributed by atoms with Crippen LogP contribution in [-0.2, 0) is 14.8 Å². The van der Waals surface area contributed by atoms with Crippen molar-refractivity contribution in [2.75, 3.05) is 27.3 Å². The van der Waals surface area contributed by atoms with Gasteiger partial charge in [0.2, 0.25) is 10.0 Å². The Kier molecular flexibility index (Phi) is 4.73. The Bertz CT molecular complexity index is 866. The van der Waals surface area contributed by atoms with Gasteiger partial charge in [0.05, 0.1) is 38.2 Å². The van der Waals surface area contributed by atoms with E-state index in [0.29, 0.717) is 13.0 Å². The van der Waals surface area contributed by atoms with Crippen LogP contribution < -0.4 is 4.74 Å². The zero-order valence-electron chi connectivity index (χ0n) is 13.8. The SMILES string of the molecule is COC(=O)c1ccc(OC)c(S(=O)(=O)N2CCC(n3nccn3)C2)c1. The van der Waals surface area contributed by atoms with Crippen LogP contribution in [-0.4, -0.2) is 61.0 Å². The van der Waals surface area contributed by atoms with Gasteiger partial charge >= 0.3 is 5.97 Å². The van der Waals surface area contributed by atoms with Crippen LogP contribution in [0, 0.1) is 0 Å². The molecule has 0 amide bonds. The van der Waals surface area contributed by atoms with Gasteiger partial charge in [-0.2, -0.15) is 19.3 Å². The van der Waals surface area contributed by atoms with Gasteiger partial charge in [0.1, 0.15) is 10.6 Å². The normalized spacial score (nSPS) is 18.2. The highest BCUT2D eigenvalue weighted by atomic mass is 32.2. The van der Waals surface area contributed by atoms with Crippen molar-refractivity contribution in [2.24, 2.45) is 0 Å². The minimum absolute atomic E-state index is 0.0630. The van der Waals surface area contributed by atoms with E-state index in [2.05, 4.69) is 14.9 Å². The molecule has 0 bridgehead atoms. The van der Waals surface area contributed by atoms with Crippen molar-refractivity contribution in [3.63, 3.8) is 0 Å². The second-order valence-electron chi connectivity index (χ2n) is 5.51. The summed E-state index contributed by atoms with van der Waals surface area (Å²) in [7, 11) is -1.22. The predicted octanol–water partition coefficient (Wildman–Crippen LogP) is 0.709. The number of hydrogen-bond donors (Lipinski definition) is 0. The number of benzene rings is 1. The molecule has 0 aliphatic carbocycles. The highest BCUT2D eigenvalue weighted by Gasteiger charge is 2.36. The number of nitrogens with zero attached hydrogens (tertiary/aromatic N) is 4. The number of esters is 1. The zero-order chi connectivity index (χ0) is 18.0. The Hall–Kier alpha value is -2.46. The van der Waals surface area contributed by atoms with Gasteiger partial charge in [-0.15, -0.1) is 0 Å². The Labute approximate surface area is 145 Å². The third-order valence-electron chi connectivity index (χ3n) is 4.09. The van der Waals surface area contributed by atoms with E-state index in [1.807, 2.05) is 0 Å². The summed E-state index contributed by atoms with van der Waals surface area (Å²) in [6.07, 6.45) is 3.72. The van der Waals surface area contributed by atoms with Crippen LogP contribution in [0.1, 0.15) is 22.8 Å². The lowest BCUT2D eigenvalue weighted by Crippen LogP contribution is -2.30. The molecule has 1 unspecified atom stereocenters. The van der Waals surface area contributed by atoms with E-state index in [1.165, 1.54) is 41.5 Å². The maximum absolute atomic E-state index is 13.0. The number of ether oxygens (including phenoxy) is 2. The molecule has 0 N–H and O–H groups in total. The molecule has 0 saturated carbocycles. The topological polar surface area (TPSA) is 104 Å². The molecule has 0 spiro atoms. The molecule has 25 heavy (non-hydrogen) atoms. The fourth-order valence-corrected chi connectivity index (χ4v) is 4.47. The van der Waals surface area contributed by atoms with Crippen LogP contribution in [0.25, 0.3) is 0 Å². The lowest BCUT2D eigenvalue weighted by molar-refractivity contribution is 0.0600. The second-order valence-corrected chi connectivity index (χ2v) is 7.42. The van der Waals surface area contributed by atoms with Crippen molar-refractivity contribution in [1.82, 2.24) is 19.3 Å². The van der Waals surface area contributed by atoms with E-state index in [0.717, 1.165) is 0 Å². The maximum atomic E-state index is 13.0. The molecule has 1 saturated heterocycles. The Morgan fingerprint density at radius 2 is 1.96 bits per heavy atom. The summed E-state index contributed by atoms with van der Waals surface area (Å²) in [6, 6.07) is 4.06. The van der Waals surface area contributed by atoms with Crippen molar-refractivity contribution in [1.29, 1.82) is 0 Å². The van der Waals surface area contributed by atoms with Crippen molar-refractivity contribution < 1.29 is 22.7 Å². The number of sulfonamides is 1. The number of carbonyl (C=O) groups excluding carboxylic acids is 1. The minimum atomic E-state index is -3.84. The second kappa shape index (κ2) is 6.81. The molecule has 1 atom stereocenters. The van der Waals surface area contributed by atoms with Crippen molar-refractivity contribution in [2.45, 2.75) is 17.4 Å². The lowest BCUT2D eigenvalue weighted by Gasteiger charge is -2.18. The first-order valence-electron chi connectivity index (χ1n) is 7.59. The van der Waals surface area contributed by atoms with Crippen LogP contribution in [0.2, 0.25) is 0 Å². The van der Waals surface area contributed by atoms with Crippen LogP contribution in [0.4, 0.5) is 0 Å². The first kappa shape index (κ1) is 17.4. The minimum Gasteiger partial charge on any atom is -0.495 e. The molecule has 1 aliphatic heterocycles. The average Bonchev–Trinajstić information content (AvgIpc) is 3.31. The van der Waals surface area contributed by atoms with E-state index in [1.54, 1.807) is 12.4 Å². The molecule has 1 aliphatic rings. The third-order valence-corrected chi connectivity index (χ3v) is 5.98. The summed E-state index contributed by atoms with van der Waals surface area (Å²) in [5.41, 5.74) is 0.145. The van der Waals surface area contributed by atoms with Gasteiger partial charge in [0, 0.05) is 13.1 Å². The number of rotatable bonds is 5. The first-order valence-corrected chi connectivity index (χ1v) is 9.03. The van der Waals surface area contributed by atoms with E-state index < -0.39 is 16.0 Å². The monoisotopic (exact) mass is 366 g/mol. The molecule has 9 nitrogen and oxygen atoms in total. The summed E-state index contributed by atoms with van der Waals surface area (Å²) in [4.78, 5) is 13.2. The molecule has 10 heteroatoms. The number of aromatic nitrogens is 3. The van der Waals surface area contributed by atoms with Gasteiger partial charge in [0.15, 0.2) is 0 Å². The molecule has 0 radical (unpaired) electrons. The molecule has 1 aromatic heterocycles. The molecule has 2 aromatic rings. The molecule has 1 aromatic carbocycles. The number of hydrogen-bond acceptors (Lipinski definition) is 7. The van der Waals surface area contributed by atoms with Crippen LogP contribution >= 0.6 is 0 Å². The summed E-state index contributed by atoms with van der Waals surface area (Å²) in [5, 5.41) is 8.14. The maximum Gasteiger partial charge on any atom is 0.337 e. The van der Waals surface area contributed by atoms with Crippen molar-refractivity contribution >= 4 is 16.0 Å². The Morgan fingerprint density at radius 3 is 2.60 bits per heavy atom. The molecule has 1 fully saturated rings. The molecule has 134 valence electrons. The van der Waals surface area contributed by atoms with Crippen LogP contribution in [0.15, 0.2) is 35.5 Å². The predicted molar refractivity (Wildman–Crippen MR) is 86.8 cm³/mol. The number of methoxy groups -OCH3 is 2. The number of carbonyl (C=O) groups is 1. The van der Waals surface area contributed by atoms with Gasteiger partial charge in [0.25, 0.3) is 0 Å². The van der Waals surface area contributed by atoms with E-state index >= 15 is 0 Å². The van der Waals surface area contributed by atoms with Crippen molar-refractivity contribution in [3.05, 3.63) is 36.2 Å². The van der Waals surface area contributed by atoms with Gasteiger partial charge in [-0.1, -0.05) is 0 Å². The molecule has 2 heterocycles. The first-order chi connectivity index (χ1) is 12.0.